The summed E-state index contributed by atoms with van der Waals surface area (Å²) in [6.45, 7) is 0. The number of carbonyl (C=O) groups excluding carboxylic acids is 1. The van der Waals surface area contributed by atoms with E-state index in [9.17, 15) is 9.90 Å². The topological polar surface area (TPSA) is 49.3 Å². The number of amides is 1. The second-order valence-corrected chi connectivity index (χ2v) is 4.48. The van der Waals surface area contributed by atoms with E-state index in [-0.39, 0.29) is 17.6 Å². The maximum Gasteiger partial charge on any atom is 0.235 e. The van der Waals surface area contributed by atoms with Crippen molar-refractivity contribution in [1.82, 2.24) is 0 Å². The fourth-order valence-corrected chi connectivity index (χ4v) is 2.26. The lowest BCUT2D eigenvalue weighted by atomic mass is 9.99. The van der Waals surface area contributed by atoms with Gasteiger partial charge in [0, 0.05) is 0 Å². The van der Waals surface area contributed by atoms with Crippen LogP contribution in [0.2, 0.25) is 0 Å². The molecule has 0 fully saturated rings. The minimum absolute atomic E-state index is 0.108. The summed E-state index contributed by atoms with van der Waals surface area (Å²) < 4.78 is 0. The van der Waals surface area contributed by atoms with Crippen LogP contribution in [0.4, 0.5) is 5.69 Å². The van der Waals surface area contributed by atoms with Crippen LogP contribution in [0, 0.1) is 0 Å². The second-order valence-electron chi connectivity index (χ2n) is 4.48. The number of nitrogens with one attached hydrogen (secondary N) is 1. The molecule has 0 radical (unpaired) electrons. The molecule has 2 aromatic carbocycles. The molecule has 94 valence electrons. The first-order valence-corrected chi connectivity index (χ1v) is 6.12. The van der Waals surface area contributed by atoms with E-state index in [1.165, 1.54) is 0 Å². The van der Waals surface area contributed by atoms with E-state index in [1.54, 1.807) is 12.1 Å². The first kappa shape index (κ1) is 11.5. The number of phenols is 1. The lowest BCUT2D eigenvalue weighted by molar-refractivity contribution is -0.116. The van der Waals surface area contributed by atoms with Crippen LogP contribution in [0.3, 0.4) is 0 Å². The van der Waals surface area contributed by atoms with Gasteiger partial charge in [0.05, 0.1) is 11.6 Å². The molecule has 19 heavy (non-hydrogen) atoms. The number of hydrogen-bond donors (Lipinski definition) is 2. The average molecular weight is 251 g/mol. The third-order valence-corrected chi connectivity index (χ3v) is 3.22. The van der Waals surface area contributed by atoms with Crippen LogP contribution >= 0.6 is 0 Å². The Labute approximate surface area is 111 Å². The molecule has 2 aromatic rings. The highest BCUT2D eigenvalue weighted by Crippen LogP contribution is 2.39. The van der Waals surface area contributed by atoms with Gasteiger partial charge in [-0.3, -0.25) is 4.79 Å². The number of hydrogen-bond acceptors (Lipinski definition) is 2. The molecule has 1 unspecified atom stereocenters. The Morgan fingerprint density at radius 2 is 1.84 bits per heavy atom. The Morgan fingerprint density at radius 1 is 1.05 bits per heavy atom. The quantitative estimate of drug-likeness (QED) is 0.805. The smallest absolute Gasteiger partial charge is 0.235 e. The predicted molar refractivity (Wildman–Crippen MR) is 75.0 cm³/mol. The molecule has 0 aliphatic carbocycles. The molecule has 0 aromatic heterocycles. The summed E-state index contributed by atoms with van der Waals surface area (Å²) in [5, 5.41) is 12.4. The monoisotopic (exact) mass is 251 g/mol. The van der Waals surface area contributed by atoms with Crippen molar-refractivity contribution >= 4 is 17.7 Å². The lowest BCUT2D eigenvalue weighted by Crippen LogP contribution is -2.09. The number of rotatable bonds is 2. The molecule has 1 heterocycles. The number of fused-ring (bicyclic) bond motifs is 1. The number of carbonyl (C=O) groups is 1. The van der Waals surface area contributed by atoms with Crippen LogP contribution in [0.1, 0.15) is 17.0 Å². The lowest BCUT2D eigenvalue weighted by Gasteiger charge is -2.03. The van der Waals surface area contributed by atoms with Crippen LogP contribution in [0.5, 0.6) is 5.75 Å². The van der Waals surface area contributed by atoms with Gasteiger partial charge in [-0.2, -0.15) is 0 Å². The van der Waals surface area contributed by atoms with Gasteiger partial charge in [0.2, 0.25) is 5.91 Å². The van der Waals surface area contributed by atoms with Crippen molar-refractivity contribution in [2.75, 3.05) is 5.32 Å². The zero-order chi connectivity index (χ0) is 13.2. The predicted octanol–water partition coefficient (Wildman–Crippen LogP) is 3.14. The van der Waals surface area contributed by atoms with Crippen molar-refractivity contribution in [3.8, 4) is 5.75 Å². The van der Waals surface area contributed by atoms with E-state index in [0.29, 0.717) is 5.69 Å². The summed E-state index contributed by atoms with van der Waals surface area (Å²) >= 11 is 0. The third kappa shape index (κ3) is 2.10. The zero-order valence-electron chi connectivity index (χ0n) is 10.2. The molecule has 3 nitrogen and oxygen atoms in total. The van der Waals surface area contributed by atoms with Crippen molar-refractivity contribution in [3.63, 3.8) is 0 Å². The molecule has 1 atom stereocenters. The number of benzene rings is 2. The Balaban J connectivity index is 1.93. The summed E-state index contributed by atoms with van der Waals surface area (Å²) in [5.74, 6) is -0.340. The summed E-state index contributed by atoms with van der Waals surface area (Å²) in [5.41, 5.74) is 2.39. The van der Waals surface area contributed by atoms with Gasteiger partial charge in [0.25, 0.3) is 0 Å². The molecule has 0 bridgehead atoms. The van der Waals surface area contributed by atoms with Crippen molar-refractivity contribution in [2.45, 2.75) is 5.92 Å². The fourth-order valence-electron chi connectivity index (χ4n) is 2.26. The van der Waals surface area contributed by atoms with E-state index >= 15 is 0 Å². The van der Waals surface area contributed by atoms with Gasteiger partial charge in [-0.05, 0) is 17.2 Å². The number of aromatic hydroxyl groups is 1. The molecule has 2 N–H and O–H groups in total. The maximum absolute atomic E-state index is 11.9. The number of para-hydroxylation sites is 1. The Morgan fingerprint density at radius 3 is 2.63 bits per heavy atom. The van der Waals surface area contributed by atoms with Crippen molar-refractivity contribution in [2.24, 2.45) is 0 Å². The van der Waals surface area contributed by atoms with E-state index < -0.39 is 0 Å². The summed E-state index contributed by atoms with van der Waals surface area (Å²) in [7, 11) is 0. The molecule has 1 aliphatic heterocycles. The minimum atomic E-state index is -0.345. The average Bonchev–Trinajstić information content (AvgIpc) is 2.75. The normalized spacial score (nSPS) is 17.5. The maximum atomic E-state index is 11.9. The van der Waals surface area contributed by atoms with Crippen LogP contribution in [-0.4, -0.2) is 11.0 Å². The first-order chi connectivity index (χ1) is 9.25. The van der Waals surface area contributed by atoms with Gasteiger partial charge < -0.3 is 10.4 Å². The molecule has 1 amide bonds. The molecule has 3 heteroatoms. The molecule has 0 spiro atoms. The van der Waals surface area contributed by atoms with Gasteiger partial charge >= 0.3 is 0 Å². The second kappa shape index (κ2) is 4.61. The summed E-state index contributed by atoms with van der Waals surface area (Å²) in [4.78, 5) is 11.9. The molecule has 3 rings (SSSR count). The van der Waals surface area contributed by atoms with E-state index in [2.05, 4.69) is 5.32 Å². The number of phenolic OH excluding ortho intramolecular Hbond substituents is 1. The van der Waals surface area contributed by atoms with Gasteiger partial charge in [-0.1, -0.05) is 54.6 Å². The van der Waals surface area contributed by atoms with Crippen LogP contribution in [-0.2, 0) is 4.79 Å². The highest BCUT2D eigenvalue weighted by molar-refractivity contribution is 6.06. The molecule has 1 aliphatic rings. The highest BCUT2D eigenvalue weighted by Gasteiger charge is 2.29. The molecule has 0 saturated carbocycles. The van der Waals surface area contributed by atoms with Gasteiger partial charge in [-0.15, -0.1) is 0 Å². The Bertz CT molecular complexity index is 647. The largest absolute Gasteiger partial charge is 0.506 e. The summed E-state index contributed by atoms with van der Waals surface area (Å²) in [6.07, 6.45) is 3.78. The molecule has 0 saturated heterocycles. The van der Waals surface area contributed by atoms with Gasteiger partial charge in [0.1, 0.15) is 5.75 Å². The van der Waals surface area contributed by atoms with E-state index in [1.807, 2.05) is 48.6 Å². The van der Waals surface area contributed by atoms with E-state index in [4.69, 9.17) is 0 Å². The summed E-state index contributed by atoms with van der Waals surface area (Å²) in [6, 6.07) is 15.0. The van der Waals surface area contributed by atoms with E-state index in [0.717, 1.165) is 11.1 Å². The van der Waals surface area contributed by atoms with Crippen molar-refractivity contribution < 1.29 is 9.90 Å². The minimum Gasteiger partial charge on any atom is -0.506 e. The van der Waals surface area contributed by atoms with Crippen molar-refractivity contribution in [3.05, 3.63) is 65.7 Å². The number of anilines is 1. The fraction of sp³-hybridized carbons (Fsp3) is 0.0625. The van der Waals surface area contributed by atoms with Gasteiger partial charge in [-0.25, -0.2) is 0 Å². The van der Waals surface area contributed by atoms with Crippen molar-refractivity contribution in [1.29, 1.82) is 0 Å². The Hall–Kier alpha value is -2.55. The molecular formula is C16H13NO2. The highest BCUT2D eigenvalue weighted by atomic mass is 16.3. The zero-order valence-corrected chi connectivity index (χ0v) is 10.2. The molecular weight excluding hydrogens is 238 g/mol. The SMILES string of the molecule is O=C1Nc2c(O)cccc2C1C=Cc1ccccc1. The third-order valence-electron chi connectivity index (χ3n) is 3.22. The first-order valence-electron chi connectivity index (χ1n) is 6.12. The van der Waals surface area contributed by atoms with Crippen LogP contribution in [0.25, 0.3) is 6.08 Å². The standard InChI is InChI=1S/C16H13NO2/c18-14-8-4-7-12-13(16(19)17-15(12)14)10-9-11-5-2-1-3-6-11/h1-10,13,18H,(H,17,19). The van der Waals surface area contributed by atoms with Crippen LogP contribution < -0.4 is 5.32 Å². The van der Waals surface area contributed by atoms with Crippen LogP contribution in [0.15, 0.2) is 54.6 Å². The Kier molecular flexibility index (Phi) is 2.80. The van der Waals surface area contributed by atoms with Gasteiger partial charge in [0.15, 0.2) is 0 Å².